The average molecular weight is 351 g/mol. The molecule has 126 valence electrons. The van der Waals surface area contributed by atoms with Gasteiger partial charge in [-0.15, -0.1) is 0 Å². The first-order valence-electron chi connectivity index (χ1n) is 7.84. The standard InChI is InChI=1S/C16H16ClFN4O2/c17-13-14(8-1-2-8)21-22-15(13)16(23)20-9-3-4-12(11(18)5-9)24-10-6-19-7-10/h3-5,8,10,19H,1-2,6-7H2,(H,20,23)(H,21,22). The quantitative estimate of drug-likeness (QED) is 0.774. The van der Waals surface area contributed by atoms with Gasteiger partial charge >= 0.3 is 0 Å². The van der Waals surface area contributed by atoms with Gasteiger partial charge in [-0.05, 0) is 25.0 Å². The second-order valence-electron chi connectivity index (χ2n) is 6.07. The molecule has 1 aromatic carbocycles. The number of rotatable bonds is 5. The summed E-state index contributed by atoms with van der Waals surface area (Å²) in [6.07, 6.45) is 2.09. The van der Waals surface area contributed by atoms with E-state index in [1.807, 2.05) is 0 Å². The molecule has 4 rings (SSSR count). The maximum absolute atomic E-state index is 14.1. The summed E-state index contributed by atoms with van der Waals surface area (Å²) in [6, 6.07) is 4.32. The summed E-state index contributed by atoms with van der Waals surface area (Å²) in [4.78, 5) is 12.3. The van der Waals surface area contributed by atoms with Crippen LogP contribution in [-0.4, -0.2) is 35.3 Å². The molecular weight excluding hydrogens is 335 g/mol. The molecular formula is C16H16ClFN4O2. The molecule has 6 nitrogen and oxygen atoms in total. The number of hydrogen-bond donors (Lipinski definition) is 3. The van der Waals surface area contributed by atoms with Gasteiger partial charge in [0.15, 0.2) is 17.3 Å². The van der Waals surface area contributed by atoms with E-state index in [1.54, 1.807) is 6.07 Å². The number of aromatic amines is 1. The van der Waals surface area contributed by atoms with Crippen LogP contribution in [0.5, 0.6) is 5.75 Å². The van der Waals surface area contributed by atoms with E-state index in [-0.39, 0.29) is 17.5 Å². The first-order chi connectivity index (χ1) is 11.6. The van der Waals surface area contributed by atoms with Crippen molar-refractivity contribution >= 4 is 23.2 Å². The third kappa shape index (κ3) is 2.97. The summed E-state index contributed by atoms with van der Waals surface area (Å²) >= 11 is 6.20. The molecule has 1 aliphatic carbocycles. The number of carbonyl (C=O) groups excluding carboxylic acids is 1. The number of H-pyrrole nitrogens is 1. The fourth-order valence-corrected chi connectivity index (χ4v) is 2.85. The van der Waals surface area contributed by atoms with Gasteiger partial charge in [0.05, 0.1) is 10.7 Å². The van der Waals surface area contributed by atoms with Crippen molar-refractivity contribution in [2.45, 2.75) is 24.9 Å². The maximum Gasteiger partial charge on any atom is 0.277 e. The molecule has 24 heavy (non-hydrogen) atoms. The molecule has 0 bridgehead atoms. The highest BCUT2D eigenvalue weighted by Gasteiger charge is 2.30. The van der Waals surface area contributed by atoms with E-state index < -0.39 is 11.7 Å². The highest BCUT2D eigenvalue weighted by molar-refractivity contribution is 6.34. The molecule has 0 spiro atoms. The van der Waals surface area contributed by atoms with Crippen molar-refractivity contribution in [2.24, 2.45) is 0 Å². The normalized spacial score (nSPS) is 17.4. The van der Waals surface area contributed by atoms with Crippen molar-refractivity contribution in [2.75, 3.05) is 18.4 Å². The van der Waals surface area contributed by atoms with Crippen molar-refractivity contribution in [1.29, 1.82) is 0 Å². The average Bonchev–Trinajstić information content (AvgIpc) is 3.27. The van der Waals surface area contributed by atoms with Crippen LogP contribution < -0.4 is 15.4 Å². The molecule has 2 aromatic rings. The second kappa shape index (κ2) is 6.07. The van der Waals surface area contributed by atoms with Gasteiger partial charge in [0.2, 0.25) is 0 Å². The first-order valence-corrected chi connectivity index (χ1v) is 8.21. The van der Waals surface area contributed by atoms with Gasteiger partial charge in [0, 0.05) is 30.8 Å². The summed E-state index contributed by atoms with van der Waals surface area (Å²) in [5, 5.41) is 12.8. The molecule has 1 aliphatic heterocycles. The molecule has 0 unspecified atom stereocenters. The van der Waals surface area contributed by atoms with Crippen LogP contribution in [0.25, 0.3) is 0 Å². The minimum atomic E-state index is -0.522. The topological polar surface area (TPSA) is 79.0 Å². The highest BCUT2D eigenvalue weighted by atomic mass is 35.5. The Hall–Kier alpha value is -2.12. The fraction of sp³-hybridized carbons (Fsp3) is 0.375. The van der Waals surface area contributed by atoms with Gasteiger partial charge in [-0.2, -0.15) is 5.10 Å². The van der Waals surface area contributed by atoms with Crippen molar-refractivity contribution in [1.82, 2.24) is 15.5 Å². The zero-order chi connectivity index (χ0) is 16.7. The molecule has 1 aromatic heterocycles. The summed E-state index contributed by atoms with van der Waals surface area (Å²) in [5.41, 5.74) is 1.24. The number of carbonyl (C=O) groups is 1. The smallest absolute Gasteiger partial charge is 0.277 e. The molecule has 1 saturated heterocycles. The van der Waals surface area contributed by atoms with Crippen LogP contribution in [0.15, 0.2) is 18.2 Å². The minimum Gasteiger partial charge on any atom is -0.485 e. The van der Waals surface area contributed by atoms with Crippen LogP contribution >= 0.6 is 11.6 Å². The molecule has 2 aliphatic rings. The molecule has 3 N–H and O–H groups in total. The molecule has 0 atom stereocenters. The molecule has 1 saturated carbocycles. The summed E-state index contributed by atoms with van der Waals surface area (Å²) < 4.78 is 19.6. The fourth-order valence-electron chi connectivity index (χ4n) is 2.52. The number of nitrogens with zero attached hydrogens (tertiary/aromatic N) is 1. The van der Waals surface area contributed by atoms with E-state index in [0.717, 1.165) is 18.5 Å². The van der Waals surface area contributed by atoms with Gasteiger partial charge in [-0.25, -0.2) is 4.39 Å². The molecule has 2 heterocycles. The van der Waals surface area contributed by atoms with Crippen molar-refractivity contribution in [3.05, 3.63) is 40.4 Å². The number of amides is 1. The van der Waals surface area contributed by atoms with Crippen molar-refractivity contribution < 1.29 is 13.9 Å². The lowest BCUT2D eigenvalue weighted by atomic mass is 10.2. The zero-order valence-electron chi connectivity index (χ0n) is 12.7. The Labute approximate surface area is 142 Å². The Morgan fingerprint density at radius 1 is 1.38 bits per heavy atom. The third-order valence-electron chi connectivity index (χ3n) is 4.16. The van der Waals surface area contributed by atoms with E-state index >= 15 is 0 Å². The third-order valence-corrected chi connectivity index (χ3v) is 4.54. The number of ether oxygens (including phenoxy) is 1. The summed E-state index contributed by atoms with van der Waals surface area (Å²) in [5.74, 6) is -0.458. The lowest BCUT2D eigenvalue weighted by molar-refractivity contribution is 0.102. The Morgan fingerprint density at radius 2 is 2.17 bits per heavy atom. The lowest BCUT2D eigenvalue weighted by Gasteiger charge is -2.28. The first kappa shape index (κ1) is 15.4. The van der Waals surface area contributed by atoms with E-state index in [1.165, 1.54) is 12.1 Å². The summed E-state index contributed by atoms with van der Waals surface area (Å²) in [7, 11) is 0. The second-order valence-corrected chi connectivity index (χ2v) is 6.45. The predicted molar refractivity (Wildman–Crippen MR) is 87.2 cm³/mol. The van der Waals surface area contributed by atoms with Gasteiger partial charge < -0.3 is 15.4 Å². The molecule has 2 fully saturated rings. The Balaban J connectivity index is 1.46. The van der Waals surface area contributed by atoms with Gasteiger partial charge in [-0.3, -0.25) is 9.89 Å². The number of benzene rings is 1. The summed E-state index contributed by atoms with van der Waals surface area (Å²) in [6.45, 7) is 1.41. The lowest BCUT2D eigenvalue weighted by Crippen LogP contribution is -2.50. The van der Waals surface area contributed by atoms with E-state index in [4.69, 9.17) is 16.3 Å². The Bertz CT molecular complexity index is 786. The Morgan fingerprint density at radius 3 is 2.79 bits per heavy atom. The minimum absolute atomic E-state index is 0.0105. The van der Waals surface area contributed by atoms with E-state index in [9.17, 15) is 9.18 Å². The van der Waals surface area contributed by atoms with Gasteiger partial charge in [0.1, 0.15) is 6.10 Å². The van der Waals surface area contributed by atoms with Crippen LogP contribution in [0.4, 0.5) is 10.1 Å². The molecule has 0 radical (unpaired) electrons. The largest absolute Gasteiger partial charge is 0.485 e. The number of nitrogens with one attached hydrogen (secondary N) is 3. The number of aromatic nitrogens is 2. The van der Waals surface area contributed by atoms with Crippen LogP contribution in [0.1, 0.15) is 34.9 Å². The SMILES string of the molecule is O=C(Nc1ccc(OC2CNC2)c(F)c1)c1n[nH]c(C2CC2)c1Cl. The highest BCUT2D eigenvalue weighted by Crippen LogP contribution is 2.42. The van der Waals surface area contributed by atoms with Crippen molar-refractivity contribution in [3.63, 3.8) is 0 Å². The number of anilines is 1. The van der Waals surface area contributed by atoms with E-state index in [0.29, 0.717) is 29.7 Å². The van der Waals surface area contributed by atoms with Gasteiger partial charge in [0.25, 0.3) is 5.91 Å². The number of halogens is 2. The number of hydrogen-bond acceptors (Lipinski definition) is 4. The predicted octanol–water partition coefficient (Wildman–Crippen LogP) is 2.68. The van der Waals surface area contributed by atoms with Crippen LogP contribution in [-0.2, 0) is 0 Å². The van der Waals surface area contributed by atoms with Crippen LogP contribution in [0.3, 0.4) is 0 Å². The van der Waals surface area contributed by atoms with Crippen LogP contribution in [0.2, 0.25) is 5.02 Å². The molecule has 8 heteroatoms. The monoisotopic (exact) mass is 350 g/mol. The Kier molecular flexibility index (Phi) is 3.90. The molecule has 1 amide bonds. The maximum atomic E-state index is 14.1. The van der Waals surface area contributed by atoms with E-state index in [2.05, 4.69) is 20.8 Å². The van der Waals surface area contributed by atoms with Gasteiger partial charge in [-0.1, -0.05) is 11.6 Å². The zero-order valence-corrected chi connectivity index (χ0v) is 13.5. The van der Waals surface area contributed by atoms with Crippen LogP contribution in [0, 0.1) is 5.82 Å². The van der Waals surface area contributed by atoms with Crippen molar-refractivity contribution in [3.8, 4) is 5.75 Å².